The van der Waals surface area contributed by atoms with E-state index >= 15 is 0 Å². The Bertz CT molecular complexity index is 574. The zero-order chi connectivity index (χ0) is 15.8. The number of thiazole rings is 1. The highest BCUT2D eigenvalue weighted by molar-refractivity contribution is 7.96. The lowest BCUT2D eigenvalue weighted by molar-refractivity contribution is 0.267. The van der Waals surface area contributed by atoms with Crippen LogP contribution in [0.15, 0.2) is 24.3 Å². The summed E-state index contributed by atoms with van der Waals surface area (Å²) < 4.78 is 6.72. The average Bonchev–Trinajstić information content (AvgIpc) is 2.81. The molecule has 2 N–H and O–H groups in total. The molecule has 1 aromatic heterocycles. The standard InChI is InChI=1S/C12H14N2OS2.CH3NOS/c1-3-14(4-2)12(16)15-11-13-9-7-5-6-8-10(9)17-11;2-1(3)4/h5-8H,3-4H2,1-2H3;(H3,2,3,4). The summed E-state index contributed by atoms with van der Waals surface area (Å²) in [7, 11) is 0. The number of ether oxygens (including phenoxy) is 1. The molecule has 0 aliphatic heterocycles. The van der Waals surface area contributed by atoms with E-state index < -0.39 is 5.24 Å². The van der Waals surface area contributed by atoms with E-state index in [1.165, 1.54) is 11.3 Å². The summed E-state index contributed by atoms with van der Waals surface area (Å²) in [6, 6.07) is 7.96. The Balaban J connectivity index is 0.000000491. The average molecular weight is 343 g/mol. The van der Waals surface area contributed by atoms with Crippen molar-refractivity contribution in [3.63, 3.8) is 0 Å². The molecule has 0 saturated carbocycles. The molecule has 0 fully saturated rings. The van der Waals surface area contributed by atoms with Crippen molar-refractivity contribution < 1.29 is 9.53 Å². The minimum atomic E-state index is -0.639. The number of carbonyl (C=O) groups excluding carboxylic acids is 1. The number of benzene rings is 1. The number of amides is 1. The number of thiocarbonyl (C=S) groups is 1. The monoisotopic (exact) mass is 343 g/mol. The molecule has 0 radical (unpaired) electrons. The number of carbonyl (C=O) groups is 1. The van der Waals surface area contributed by atoms with Crippen LogP contribution in [0.5, 0.6) is 5.19 Å². The number of nitrogens with two attached hydrogens (primary N) is 1. The largest absolute Gasteiger partial charge is 0.403 e. The van der Waals surface area contributed by atoms with Crippen LogP contribution in [0, 0.1) is 0 Å². The molecule has 0 atom stereocenters. The maximum absolute atomic E-state index is 9.09. The van der Waals surface area contributed by atoms with Crippen molar-refractivity contribution in [1.29, 1.82) is 0 Å². The second kappa shape index (κ2) is 8.81. The Labute approximate surface area is 138 Å². The summed E-state index contributed by atoms with van der Waals surface area (Å²) in [5, 5.41) is 0.470. The van der Waals surface area contributed by atoms with E-state index in [0.717, 1.165) is 23.3 Å². The highest BCUT2D eigenvalue weighted by Gasteiger charge is 2.11. The van der Waals surface area contributed by atoms with Gasteiger partial charge in [-0.3, -0.25) is 4.79 Å². The highest BCUT2D eigenvalue weighted by Crippen LogP contribution is 2.27. The van der Waals surface area contributed by atoms with Crippen LogP contribution < -0.4 is 10.5 Å². The summed E-state index contributed by atoms with van der Waals surface area (Å²) in [4.78, 5) is 15.5. The molecule has 21 heavy (non-hydrogen) atoms. The molecule has 0 spiro atoms. The Morgan fingerprint density at radius 2 is 2.00 bits per heavy atom. The maximum Gasteiger partial charge on any atom is 0.281 e. The van der Waals surface area contributed by atoms with Crippen LogP contribution in [0.2, 0.25) is 0 Å². The first kappa shape index (κ1) is 17.7. The van der Waals surface area contributed by atoms with Gasteiger partial charge in [0.15, 0.2) is 0 Å². The molecular weight excluding hydrogens is 326 g/mol. The van der Waals surface area contributed by atoms with Crippen LogP contribution in [-0.4, -0.2) is 33.4 Å². The van der Waals surface area contributed by atoms with Gasteiger partial charge in [0.1, 0.15) is 0 Å². The third-order valence-corrected chi connectivity index (χ3v) is 3.73. The van der Waals surface area contributed by atoms with E-state index in [-0.39, 0.29) is 0 Å². The summed E-state index contributed by atoms with van der Waals surface area (Å²) in [6.07, 6.45) is 0. The number of rotatable bonds is 3. The molecule has 2 aromatic rings. The van der Waals surface area contributed by atoms with Gasteiger partial charge in [0.25, 0.3) is 15.6 Å². The lowest BCUT2D eigenvalue weighted by atomic mass is 10.3. The van der Waals surface area contributed by atoms with Crippen molar-refractivity contribution in [2.45, 2.75) is 13.8 Å². The predicted octanol–water partition coefficient (Wildman–Crippen LogP) is 3.30. The minimum absolute atomic E-state index is 0.494. The van der Waals surface area contributed by atoms with Gasteiger partial charge in [-0.15, -0.1) is 0 Å². The second-order valence-corrected chi connectivity index (χ2v) is 5.61. The van der Waals surface area contributed by atoms with E-state index in [0.29, 0.717) is 10.4 Å². The topological polar surface area (TPSA) is 68.4 Å². The number of fused-ring (bicyclic) bond motifs is 1. The van der Waals surface area contributed by atoms with Gasteiger partial charge < -0.3 is 15.4 Å². The summed E-state index contributed by atoms with van der Waals surface area (Å²) in [5.74, 6) is 0. The van der Waals surface area contributed by atoms with Gasteiger partial charge in [-0.05, 0) is 38.2 Å². The lowest BCUT2D eigenvalue weighted by Gasteiger charge is -2.19. The van der Waals surface area contributed by atoms with Crippen LogP contribution >= 0.6 is 36.2 Å². The maximum atomic E-state index is 9.09. The van der Waals surface area contributed by atoms with Gasteiger partial charge >= 0.3 is 0 Å². The van der Waals surface area contributed by atoms with E-state index in [1.807, 2.05) is 29.2 Å². The Morgan fingerprint density at radius 1 is 1.43 bits per heavy atom. The van der Waals surface area contributed by atoms with Crippen LogP contribution in [0.3, 0.4) is 0 Å². The van der Waals surface area contributed by atoms with Crippen LogP contribution in [0.4, 0.5) is 4.79 Å². The van der Waals surface area contributed by atoms with Crippen molar-refractivity contribution in [3.8, 4) is 5.19 Å². The van der Waals surface area contributed by atoms with Gasteiger partial charge in [0.05, 0.1) is 10.2 Å². The quantitative estimate of drug-likeness (QED) is 0.661. The number of thiol groups is 1. The molecule has 0 aliphatic carbocycles. The van der Waals surface area contributed by atoms with E-state index in [4.69, 9.17) is 21.7 Å². The second-order valence-electron chi connectivity index (χ2n) is 3.83. The third kappa shape index (κ3) is 5.86. The van der Waals surface area contributed by atoms with Crippen molar-refractivity contribution in [3.05, 3.63) is 24.3 Å². The Morgan fingerprint density at radius 3 is 2.52 bits per heavy atom. The SMILES string of the molecule is CCN(CC)C(=S)Oc1nc2ccccc2s1.NC(=O)S. The molecule has 8 heteroatoms. The fourth-order valence-electron chi connectivity index (χ4n) is 1.52. The highest BCUT2D eigenvalue weighted by atomic mass is 32.1. The number of hydrogen-bond acceptors (Lipinski definition) is 5. The molecule has 0 bridgehead atoms. The Kier molecular flexibility index (Phi) is 7.41. The number of primary amides is 1. The molecule has 1 aromatic carbocycles. The predicted molar refractivity (Wildman–Crippen MR) is 94.3 cm³/mol. The van der Waals surface area contributed by atoms with Crippen molar-refractivity contribution in [1.82, 2.24) is 9.88 Å². The molecular formula is C13H17N3O2S3. The molecule has 0 saturated heterocycles. The van der Waals surface area contributed by atoms with Gasteiger partial charge in [-0.25, -0.2) is 4.98 Å². The first-order valence-electron chi connectivity index (χ1n) is 6.28. The summed E-state index contributed by atoms with van der Waals surface area (Å²) in [6.45, 7) is 5.80. The van der Waals surface area contributed by atoms with Gasteiger partial charge in [0, 0.05) is 13.1 Å². The van der Waals surface area contributed by atoms with Crippen LogP contribution in [0.1, 0.15) is 13.8 Å². The molecule has 0 aliphatic rings. The number of nitrogens with zero attached hydrogens (tertiary/aromatic N) is 2. The van der Waals surface area contributed by atoms with Gasteiger partial charge in [-0.2, -0.15) is 0 Å². The zero-order valence-electron chi connectivity index (χ0n) is 11.8. The van der Waals surface area contributed by atoms with Crippen molar-refractivity contribution >= 4 is 56.8 Å². The molecule has 5 nitrogen and oxygen atoms in total. The number of aromatic nitrogens is 1. The normalized spacial score (nSPS) is 9.67. The third-order valence-electron chi connectivity index (χ3n) is 2.47. The first-order chi connectivity index (χ1) is 9.97. The lowest BCUT2D eigenvalue weighted by Crippen LogP contribution is -2.32. The summed E-state index contributed by atoms with van der Waals surface area (Å²) >= 11 is 9.85. The van der Waals surface area contributed by atoms with E-state index in [1.54, 1.807) is 0 Å². The number of para-hydroxylation sites is 1. The van der Waals surface area contributed by atoms with E-state index in [9.17, 15) is 0 Å². The van der Waals surface area contributed by atoms with Gasteiger partial charge in [0.2, 0.25) is 0 Å². The van der Waals surface area contributed by atoms with Crippen LogP contribution in [0.25, 0.3) is 10.2 Å². The van der Waals surface area contributed by atoms with Crippen LogP contribution in [-0.2, 0) is 0 Å². The van der Waals surface area contributed by atoms with E-state index in [2.05, 4.69) is 37.2 Å². The Hall–Kier alpha value is -1.38. The summed E-state index contributed by atoms with van der Waals surface area (Å²) in [5.41, 5.74) is 5.29. The molecule has 0 unspecified atom stereocenters. The van der Waals surface area contributed by atoms with Crippen molar-refractivity contribution in [2.75, 3.05) is 13.1 Å². The smallest absolute Gasteiger partial charge is 0.281 e. The molecule has 1 heterocycles. The molecule has 114 valence electrons. The fourth-order valence-corrected chi connectivity index (χ4v) is 2.72. The molecule has 1 amide bonds. The number of hydrogen-bond donors (Lipinski definition) is 2. The first-order valence-corrected chi connectivity index (χ1v) is 7.95. The van der Waals surface area contributed by atoms with Gasteiger partial charge in [-0.1, -0.05) is 36.1 Å². The van der Waals surface area contributed by atoms with Crippen molar-refractivity contribution in [2.24, 2.45) is 5.73 Å². The fraction of sp³-hybridized carbons (Fsp3) is 0.308. The molecule has 2 rings (SSSR count). The minimum Gasteiger partial charge on any atom is -0.403 e. The zero-order valence-corrected chi connectivity index (χ0v) is 14.3.